The number of benzene rings is 2. The van der Waals surface area contributed by atoms with Crippen molar-refractivity contribution < 1.29 is 13.2 Å². The van der Waals surface area contributed by atoms with Crippen LogP contribution in [0.15, 0.2) is 58.7 Å². The summed E-state index contributed by atoms with van der Waals surface area (Å²) in [6.07, 6.45) is 6.90. The lowest BCUT2D eigenvalue weighted by Gasteiger charge is -2.33. The van der Waals surface area contributed by atoms with Crippen LogP contribution in [0, 0.1) is 12.5 Å². The first-order valence-corrected chi connectivity index (χ1v) is 12.0. The Morgan fingerprint density at radius 2 is 1.97 bits per heavy atom. The van der Waals surface area contributed by atoms with Gasteiger partial charge in [0, 0.05) is 48.7 Å². The maximum Gasteiger partial charge on any atom is 0.259 e. The number of hydrogen-bond acceptors (Lipinski definition) is 5. The largest absolute Gasteiger partial charge is 0.345 e. The minimum atomic E-state index is -3.83. The number of piperazine rings is 1. The molecule has 1 aliphatic rings. The van der Waals surface area contributed by atoms with Gasteiger partial charge in [-0.25, -0.2) is 13.4 Å². The van der Waals surface area contributed by atoms with Crippen molar-refractivity contribution >= 4 is 44.6 Å². The van der Waals surface area contributed by atoms with Crippen LogP contribution >= 0.6 is 11.6 Å². The molecule has 0 spiro atoms. The van der Waals surface area contributed by atoms with E-state index in [9.17, 15) is 13.2 Å². The zero-order valence-electron chi connectivity index (χ0n) is 17.9. The van der Waals surface area contributed by atoms with Crippen LogP contribution < -0.4 is 0 Å². The number of aromatic nitrogens is 1. The van der Waals surface area contributed by atoms with Gasteiger partial charge in [0.25, 0.3) is 10.0 Å². The predicted octanol–water partition coefficient (Wildman–Crippen LogP) is 2.71. The highest BCUT2D eigenvalue weighted by atomic mass is 35.5. The fourth-order valence-electron chi connectivity index (χ4n) is 3.53. The van der Waals surface area contributed by atoms with Crippen molar-refractivity contribution in [3.05, 3.63) is 64.7 Å². The molecule has 0 unspecified atom stereocenters. The number of fused-ring (bicyclic) bond motifs is 1. The Balaban J connectivity index is 1.41. The zero-order chi connectivity index (χ0) is 23.6. The smallest absolute Gasteiger partial charge is 0.259 e. The van der Waals surface area contributed by atoms with Crippen molar-refractivity contribution in [2.75, 3.05) is 26.7 Å². The topological polar surface area (TPSA) is 89.1 Å². The summed E-state index contributed by atoms with van der Waals surface area (Å²) >= 11 is 6.00. The minimum absolute atomic E-state index is 0.0498. The number of aromatic amines is 1. The number of amides is 1. The molecule has 0 atom stereocenters. The number of terminal acetylenes is 1. The first-order chi connectivity index (χ1) is 15.8. The molecule has 1 amide bonds. The van der Waals surface area contributed by atoms with Gasteiger partial charge in [0.15, 0.2) is 0 Å². The second-order valence-corrected chi connectivity index (χ2v) is 10.0. The highest BCUT2D eigenvalue weighted by Gasteiger charge is 2.33. The molecular weight excluding hydrogens is 462 g/mol. The molecule has 1 saturated heterocycles. The second-order valence-electron chi connectivity index (χ2n) is 7.66. The molecule has 8 nitrogen and oxygen atoms in total. The van der Waals surface area contributed by atoms with Crippen molar-refractivity contribution in [1.82, 2.24) is 19.2 Å². The van der Waals surface area contributed by atoms with E-state index >= 15 is 0 Å². The van der Waals surface area contributed by atoms with E-state index in [4.69, 9.17) is 18.0 Å². The summed E-state index contributed by atoms with van der Waals surface area (Å²) in [7, 11) is -2.16. The SMILES string of the molecule is C#CN(C)N=Cc1ccc(CN2CCN(S(=O)(=O)c3cc4cc(Cl)ccc4[nH]3)CC2=O)cc1. The lowest BCUT2D eigenvalue weighted by molar-refractivity contribution is -0.134. The molecule has 0 bridgehead atoms. The van der Waals surface area contributed by atoms with E-state index < -0.39 is 10.0 Å². The molecule has 3 aromatic rings. The number of rotatable bonds is 6. The molecule has 33 heavy (non-hydrogen) atoms. The number of hydrazone groups is 1. The van der Waals surface area contributed by atoms with E-state index in [0.29, 0.717) is 29.0 Å². The van der Waals surface area contributed by atoms with Gasteiger partial charge in [0.1, 0.15) is 5.03 Å². The molecule has 2 aromatic carbocycles. The van der Waals surface area contributed by atoms with Crippen LogP contribution in [0.3, 0.4) is 0 Å². The standard InChI is InChI=1S/C23H22ClN5O3S/c1-3-27(2)25-14-17-4-6-18(7-5-17)15-28-10-11-29(16-23(28)30)33(31,32)22-13-19-12-20(24)8-9-21(19)26-22/h1,4-9,12-14,26H,10-11,15-16H2,2H3. The maximum atomic E-state index is 13.1. The summed E-state index contributed by atoms with van der Waals surface area (Å²) in [4.78, 5) is 17.3. The molecule has 1 aromatic heterocycles. The van der Waals surface area contributed by atoms with Gasteiger partial charge in [-0.2, -0.15) is 9.41 Å². The van der Waals surface area contributed by atoms with Gasteiger partial charge in [-0.05, 0) is 35.4 Å². The van der Waals surface area contributed by atoms with Gasteiger partial charge >= 0.3 is 0 Å². The van der Waals surface area contributed by atoms with E-state index in [2.05, 4.69) is 16.1 Å². The van der Waals surface area contributed by atoms with Gasteiger partial charge in [-0.3, -0.25) is 4.79 Å². The summed E-state index contributed by atoms with van der Waals surface area (Å²) < 4.78 is 27.4. The average molecular weight is 484 g/mol. The first kappa shape index (κ1) is 22.9. The van der Waals surface area contributed by atoms with Gasteiger partial charge in [-0.1, -0.05) is 42.3 Å². The number of sulfonamides is 1. The molecule has 0 saturated carbocycles. The molecule has 1 aliphatic heterocycles. The zero-order valence-corrected chi connectivity index (χ0v) is 19.5. The van der Waals surface area contributed by atoms with Crippen LogP contribution in [0.25, 0.3) is 10.9 Å². The van der Waals surface area contributed by atoms with Crippen molar-refractivity contribution in [1.29, 1.82) is 0 Å². The molecule has 170 valence electrons. The van der Waals surface area contributed by atoms with E-state index in [1.165, 1.54) is 9.31 Å². The molecule has 0 aliphatic carbocycles. The van der Waals surface area contributed by atoms with E-state index in [-0.39, 0.29) is 24.0 Å². The quantitative estimate of drug-likeness (QED) is 0.253. The number of H-pyrrole nitrogens is 1. The number of carbonyl (C=O) groups excluding carboxylic acids is 1. The number of carbonyl (C=O) groups is 1. The minimum Gasteiger partial charge on any atom is -0.345 e. The van der Waals surface area contributed by atoms with Gasteiger partial charge in [-0.15, -0.1) is 0 Å². The summed E-state index contributed by atoms with van der Waals surface area (Å²) in [5, 5.41) is 6.72. The number of nitrogens with zero attached hydrogens (tertiary/aromatic N) is 4. The second kappa shape index (κ2) is 9.27. The Morgan fingerprint density at radius 1 is 1.21 bits per heavy atom. The predicted molar refractivity (Wildman–Crippen MR) is 128 cm³/mol. The Hall–Kier alpha value is -3.32. The van der Waals surface area contributed by atoms with Crippen LogP contribution in [-0.2, 0) is 21.4 Å². The van der Waals surface area contributed by atoms with Gasteiger partial charge in [0.05, 0.1) is 12.8 Å². The molecule has 10 heteroatoms. The van der Waals surface area contributed by atoms with Crippen LogP contribution in [0.2, 0.25) is 5.02 Å². The lowest BCUT2D eigenvalue weighted by atomic mass is 10.1. The van der Waals surface area contributed by atoms with Crippen molar-refractivity contribution in [3.8, 4) is 12.5 Å². The van der Waals surface area contributed by atoms with Crippen LogP contribution in [0.5, 0.6) is 0 Å². The highest BCUT2D eigenvalue weighted by Crippen LogP contribution is 2.25. The molecule has 2 heterocycles. The third kappa shape index (κ3) is 5.03. The van der Waals surface area contributed by atoms with Crippen molar-refractivity contribution in [2.24, 2.45) is 5.10 Å². The highest BCUT2D eigenvalue weighted by molar-refractivity contribution is 7.89. The molecule has 0 radical (unpaired) electrons. The number of hydrogen-bond donors (Lipinski definition) is 1. The van der Waals surface area contributed by atoms with Crippen molar-refractivity contribution in [3.63, 3.8) is 0 Å². The monoisotopic (exact) mass is 483 g/mol. The Labute approximate surface area is 197 Å². The summed E-state index contributed by atoms with van der Waals surface area (Å²) in [6, 6.07) is 16.6. The van der Waals surface area contributed by atoms with Crippen LogP contribution in [-0.4, -0.2) is 66.4 Å². The average Bonchev–Trinajstić information content (AvgIpc) is 3.23. The third-order valence-corrected chi connectivity index (χ3v) is 7.38. The van der Waals surface area contributed by atoms with Gasteiger partial charge in [0.2, 0.25) is 5.91 Å². The fraction of sp³-hybridized carbons (Fsp3) is 0.217. The number of nitrogens with one attached hydrogen (secondary N) is 1. The summed E-state index contributed by atoms with van der Waals surface area (Å²) in [6.45, 7) is 0.717. The van der Waals surface area contributed by atoms with Crippen molar-refractivity contribution in [2.45, 2.75) is 11.6 Å². The normalized spacial score (nSPS) is 15.3. The molecule has 1 N–H and O–H groups in total. The van der Waals surface area contributed by atoms with E-state index in [1.54, 1.807) is 42.4 Å². The Kier molecular flexibility index (Phi) is 6.42. The molecular formula is C23H22ClN5O3S. The maximum absolute atomic E-state index is 13.1. The first-order valence-electron chi connectivity index (χ1n) is 10.2. The Bertz CT molecular complexity index is 1360. The number of halogens is 1. The third-order valence-electron chi connectivity index (χ3n) is 5.38. The lowest BCUT2D eigenvalue weighted by Crippen LogP contribution is -2.51. The summed E-state index contributed by atoms with van der Waals surface area (Å²) in [5.74, 6) is -0.245. The molecule has 4 rings (SSSR count). The van der Waals surface area contributed by atoms with Crippen LogP contribution in [0.4, 0.5) is 0 Å². The van der Waals surface area contributed by atoms with Gasteiger partial charge < -0.3 is 9.88 Å². The Morgan fingerprint density at radius 3 is 2.67 bits per heavy atom. The summed E-state index contributed by atoms with van der Waals surface area (Å²) in [5.41, 5.74) is 2.49. The fourth-order valence-corrected chi connectivity index (χ4v) is 5.11. The van der Waals surface area contributed by atoms with E-state index in [1.807, 2.05) is 24.3 Å². The molecule has 1 fully saturated rings. The van der Waals surface area contributed by atoms with E-state index in [0.717, 1.165) is 11.1 Å². The van der Waals surface area contributed by atoms with Crippen LogP contribution in [0.1, 0.15) is 11.1 Å².